The molecular formula is C64H88ClF8N9O3. The zero-order chi connectivity index (χ0) is 62.1. The van der Waals surface area contributed by atoms with Crippen molar-refractivity contribution in [3.05, 3.63) is 110 Å². The number of halogens is 9. The minimum absolute atomic E-state index is 0.0271. The zero-order valence-corrected chi connectivity index (χ0v) is 51.7. The third-order valence-electron chi connectivity index (χ3n) is 15.1. The summed E-state index contributed by atoms with van der Waals surface area (Å²) in [4.78, 5) is 10.8. The molecule has 0 unspecified atom stereocenters. The molecule has 0 amide bonds. The lowest BCUT2D eigenvalue weighted by Gasteiger charge is -2.24. The van der Waals surface area contributed by atoms with Gasteiger partial charge in [0.2, 0.25) is 0 Å². The summed E-state index contributed by atoms with van der Waals surface area (Å²) in [7, 11) is 5.99. The van der Waals surface area contributed by atoms with Gasteiger partial charge in [0.05, 0.1) is 71.5 Å². The van der Waals surface area contributed by atoms with Gasteiger partial charge < -0.3 is 34.6 Å². The van der Waals surface area contributed by atoms with Crippen LogP contribution in [-0.4, -0.2) is 121 Å². The molecule has 3 heterocycles. The first-order chi connectivity index (χ1) is 40.3. The standard InChI is InChI=1S/C23H33F2N3O.C21H28F3N3O.C20H27ClF3N3O/c1-4-5-11-28(3)16-18-15-26-27-22(18)17-12-19(23(2,24)25)14-21(13-17)29-20-9-7-6-8-10-20;1-4-5-8-27(3)12-17-11-25-26-19(17)16-9-14(2)20(28-13-15-6-7-15)18(10-16)21(22,23)24;1-13(2)5-9-28-17-11-15(10-16(18(17)21)20(22,23)24)19-14(4-7-26-19)12-27(3)8-6-25/h12-15,20H,4-11,16H2,1-3H3,(H,26,27);9-11,15H,4-8,12-13H2,1-3H3,(H,25,26);4,10-11,13H,5-9,12,25H2,1-3H3. The number of H-pyrrole nitrogens is 2. The second-order valence-electron chi connectivity index (χ2n) is 23.5. The number of nitrogens with one attached hydrogen (secondary N) is 2. The van der Waals surface area contributed by atoms with Crippen molar-refractivity contribution in [1.29, 1.82) is 0 Å². The van der Waals surface area contributed by atoms with Crippen molar-refractivity contribution >= 4 is 17.3 Å². The molecule has 0 saturated heterocycles. The first kappa shape index (κ1) is 68.6. The predicted molar refractivity (Wildman–Crippen MR) is 323 cm³/mol. The third kappa shape index (κ3) is 21.1. The molecule has 0 radical (unpaired) electrons. The predicted octanol–water partition coefficient (Wildman–Crippen LogP) is 16.0. The van der Waals surface area contributed by atoms with Crippen LogP contribution in [0.4, 0.5) is 35.1 Å². The highest BCUT2D eigenvalue weighted by molar-refractivity contribution is 6.33. The summed E-state index contributed by atoms with van der Waals surface area (Å²) in [6, 6.07) is 10.4. The Bertz CT molecular complexity index is 2940. The number of hydrogen-bond donors (Lipinski definition) is 3. The Morgan fingerprint density at radius 1 is 0.706 bits per heavy atom. The Morgan fingerprint density at radius 3 is 1.82 bits per heavy atom. The Morgan fingerprint density at radius 2 is 1.28 bits per heavy atom. The fourth-order valence-electron chi connectivity index (χ4n) is 10.1. The number of unbranched alkanes of at least 4 members (excludes halogenated alkanes) is 2. The Hall–Kier alpha value is -5.54. The van der Waals surface area contributed by atoms with E-state index in [1.54, 1.807) is 37.5 Å². The molecule has 5 aromatic rings. The molecule has 0 bridgehead atoms. The summed E-state index contributed by atoms with van der Waals surface area (Å²) in [5, 5.41) is 13.8. The van der Waals surface area contributed by atoms with Gasteiger partial charge in [0.15, 0.2) is 0 Å². The van der Waals surface area contributed by atoms with E-state index in [0.717, 1.165) is 126 Å². The number of aromatic nitrogens is 4. The topological polar surface area (TPSA) is 133 Å². The maximum absolute atomic E-state index is 14.2. The van der Waals surface area contributed by atoms with Crippen LogP contribution in [0.3, 0.4) is 0 Å². The van der Waals surface area contributed by atoms with E-state index in [2.05, 4.69) is 56.1 Å². The van der Waals surface area contributed by atoms with Crippen LogP contribution in [0.5, 0.6) is 17.2 Å². The lowest BCUT2D eigenvalue weighted by molar-refractivity contribution is -0.139. The highest BCUT2D eigenvalue weighted by atomic mass is 35.5. The van der Waals surface area contributed by atoms with Crippen LogP contribution < -0.4 is 19.9 Å². The quantitative estimate of drug-likeness (QED) is 0.0440. The fourth-order valence-corrected chi connectivity index (χ4v) is 10.4. The van der Waals surface area contributed by atoms with Gasteiger partial charge in [-0.3, -0.25) is 15.2 Å². The molecule has 2 saturated carbocycles. The molecule has 1 aliphatic heterocycles. The number of ether oxygens (including phenoxy) is 3. The summed E-state index contributed by atoms with van der Waals surface area (Å²) < 4.78 is 127. The van der Waals surface area contributed by atoms with Gasteiger partial charge in [-0.25, -0.2) is 8.78 Å². The zero-order valence-electron chi connectivity index (χ0n) is 50.9. The number of nitrogens with two attached hydrogens (primary N) is 1. The van der Waals surface area contributed by atoms with E-state index in [1.165, 1.54) is 18.6 Å². The van der Waals surface area contributed by atoms with E-state index < -0.39 is 34.4 Å². The highest BCUT2D eigenvalue weighted by Crippen LogP contribution is 2.44. The molecule has 4 N–H and O–H groups in total. The van der Waals surface area contributed by atoms with Crippen LogP contribution in [0.2, 0.25) is 5.02 Å². The minimum Gasteiger partial charge on any atom is -0.492 e. The van der Waals surface area contributed by atoms with Crippen LogP contribution in [0.25, 0.3) is 22.5 Å². The van der Waals surface area contributed by atoms with E-state index in [0.29, 0.717) is 97.2 Å². The third-order valence-corrected chi connectivity index (χ3v) is 15.5. The van der Waals surface area contributed by atoms with Gasteiger partial charge in [0.1, 0.15) is 17.2 Å². The van der Waals surface area contributed by atoms with Crippen molar-refractivity contribution in [1.82, 2.24) is 35.1 Å². The maximum Gasteiger partial charge on any atom is 0.419 e. The van der Waals surface area contributed by atoms with Crippen molar-refractivity contribution in [3.63, 3.8) is 0 Å². The molecule has 8 rings (SSSR count). The van der Waals surface area contributed by atoms with Gasteiger partial charge in [0.25, 0.3) is 5.92 Å². The van der Waals surface area contributed by atoms with Crippen LogP contribution >= 0.6 is 11.6 Å². The highest BCUT2D eigenvalue weighted by Gasteiger charge is 2.38. The Balaban J connectivity index is 0.000000204. The number of aliphatic imine (C=N–C) groups is 1. The lowest BCUT2D eigenvalue weighted by atomic mass is 9.97. The minimum atomic E-state index is -4.58. The van der Waals surface area contributed by atoms with Crippen molar-refractivity contribution in [2.75, 3.05) is 73.6 Å². The fraction of sp³-hybridized carbons (Fsp3) is 0.578. The Labute approximate surface area is 502 Å². The average molecular weight is 1220 g/mol. The number of nitrogens with zero attached hydrogens (tertiary/aromatic N) is 6. The maximum atomic E-state index is 14.2. The van der Waals surface area contributed by atoms with E-state index in [1.807, 2.05) is 45.0 Å². The Kier molecular flexibility index (Phi) is 25.7. The second-order valence-corrected chi connectivity index (χ2v) is 23.8. The first-order valence-electron chi connectivity index (χ1n) is 29.9. The average Bonchev–Trinajstić information content (AvgIpc) is 3.26. The first-order valence-corrected chi connectivity index (χ1v) is 30.3. The second kappa shape index (κ2) is 31.9. The van der Waals surface area contributed by atoms with E-state index >= 15 is 0 Å². The lowest BCUT2D eigenvalue weighted by Crippen LogP contribution is -2.29. The van der Waals surface area contributed by atoms with E-state index in [-0.39, 0.29) is 23.2 Å². The van der Waals surface area contributed by atoms with E-state index in [4.69, 9.17) is 31.5 Å². The molecule has 0 spiro atoms. The van der Waals surface area contributed by atoms with Gasteiger partial charge in [0, 0.05) is 73.0 Å². The number of likely N-dealkylation sites (N-methyl/N-ethyl adjacent to an activating group) is 1. The molecule has 2 fully saturated rings. The summed E-state index contributed by atoms with van der Waals surface area (Å²) >= 11 is 6.03. The van der Waals surface area contributed by atoms with Gasteiger partial charge in [-0.15, -0.1) is 0 Å². The molecule has 0 atom stereocenters. The van der Waals surface area contributed by atoms with Crippen LogP contribution in [0.1, 0.15) is 151 Å². The summed E-state index contributed by atoms with van der Waals surface area (Å²) in [5.74, 6) is -1.67. The van der Waals surface area contributed by atoms with Gasteiger partial charge >= 0.3 is 12.4 Å². The molecule has 470 valence electrons. The molecule has 85 heavy (non-hydrogen) atoms. The SMILES string of the molecule is CC(C)CCOc1cc(C2=NCC=C2CN(C)CCN)cc(C(F)(F)F)c1Cl.CCCCN(C)Cc1cn[nH]c1-c1cc(C)c(OCC2CC2)c(C(F)(F)F)c1.CCCCN(C)Cc1cn[nH]c1-c1cc(OC2CCCCC2)cc(C(C)(F)F)c1. The smallest absolute Gasteiger partial charge is 0.419 e. The van der Waals surface area contributed by atoms with Crippen molar-refractivity contribution in [2.45, 2.75) is 156 Å². The molecule has 12 nitrogen and oxygen atoms in total. The van der Waals surface area contributed by atoms with E-state index in [9.17, 15) is 35.1 Å². The number of hydrogen-bond acceptors (Lipinski definition) is 10. The largest absolute Gasteiger partial charge is 0.492 e. The summed E-state index contributed by atoms with van der Waals surface area (Å²) in [5.41, 5.74) is 10.7. The molecule has 3 aromatic carbocycles. The van der Waals surface area contributed by atoms with Gasteiger partial charge in [-0.1, -0.05) is 64.6 Å². The van der Waals surface area contributed by atoms with Crippen molar-refractivity contribution in [3.8, 4) is 39.8 Å². The molecule has 2 aliphatic carbocycles. The molecule has 2 aromatic heterocycles. The van der Waals surface area contributed by atoms with Crippen molar-refractivity contribution in [2.24, 2.45) is 22.6 Å². The summed E-state index contributed by atoms with van der Waals surface area (Å²) in [6.45, 7) is 17.0. The molecule has 3 aliphatic rings. The number of rotatable bonds is 27. The number of aryl methyl sites for hydroxylation is 1. The number of benzene rings is 3. The van der Waals surface area contributed by atoms with Crippen LogP contribution in [0, 0.1) is 18.8 Å². The van der Waals surface area contributed by atoms with Crippen LogP contribution in [-0.2, 0) is 31.4 Å². The number of aromatic amines is 2. The molecule has 21 heteroatoms. The van der Waals surface area contributed by atoms with Crippen molar-refractivity contribution < 1.29 is 49.3 Å². The van der Waals surface area contributed by atoms with Crippen LogP contribution in [0.15, 0.2) is 71.5 Å². The molecular weight excluding hydrogens is 1130 g/mol. The van der Waals surface area contributed by atoms with Gasteiger partial charge in [-0.2, -0.15) is 36.5 Å². The normalized spacial score (nSPS) is 15.0. The summed E-state index contributed by atoms with van der Waals surface area (Å²) in [6.07, 6.45) is 9.13. The monoisotopic (exact) mass is 1220 g/mol. The van der Waals surface area contributed by atoms with Gasteiger partial charge in [-0.05, 0) is 164 Å². The number of alkyl halides is 8.